The lowest BCUT2D eigenvalue weighted by atomic mass is 10.2. The van der Waals surface area contributed by atoms with E-state index in [1.165, 1.54) is 4.88 Å². The molecule has 0 bridgehead atoms. The molecule has 1 fully saturated rings. The van der Waals surface area contributed by atoms with Crippen molar-refractivity contribution >= 4 is 22.5 Å². The molecule has 1 aromatic heterocycles. The van der Waals surface area contributed by atoms with Crippen molar-refractivity contribution in [2.45, 2.75) is 39.5 Å². The minimum atomic E-state index is -0.00949. The maximum absolute atomic E-state index is 12.4. The molecule has 0 atom stereocenters. The summed E-state index contributed by atoms with van der Waals surface area (Å²) in [7, 11) is 2.10. The molecule has 118 valence electrons. The van der Waals surface area contributed by atoms with Crippen molar-refractivity contribution < 1.29 is 4.79 Å². The first kappa shape index (κ1) is 16.2. The van der Waals surface area contributed by atoms with Crippen LogP contribution >= 0.6 is 11.3 Å². The highest BCUT2D eigenvalue weighted by molar-refractivity contribution is 7.15. The van der Waals surface area contributed by atoms with Gasteiger partial charge in [0.05, 0.1) is 5.69 Å². The van der Waals surface area contributed by atoms with Crippen molar-refractivity contribution in [3.63, 3.8) is 0 Å². The number of hydrogen-bond acceptors (Lipinski definition) is 4. The lowest BCUT2D eigenvalue weighted by Crippen LogP contribution is -2.37. The topological polar surface area (TPSA) is 48.5 Å². The summed E-state index contributed by atoms with van der Waals surface area (Å²) in [6.45, 7) is 7.90. The van der Waals surface area contributed by atoms with Gasteiger partial charge in [-0.1, -0.05) is 20.3 Å². The van der Waals surface area contributed by atoms with Crippen molar-refractivity contribution in [2.24, 2.45) is 0 Å². The predicted molar refractivity (Wildman–Crippen MR) is 88.2 cm³/mol. The molecular weight excluding hydrogens is 284 g/mol. The Morgan fingerprint density at radius 2 is 2.10 bits per heavy atom. The molecule has 2 heterocycles. The van der Waals surface area contributed by atoms with Crippen LogP contribution in [-0.4, -0.2) is 54.0 Å². The highest BCUT2D eigenvalue weighted by atomic mass is 32.1. The first-order valence-electron chi connectivity index (χ1n) is 7.87. The van der Waals surface area contributed by atoms with Gasteiger partial charge in [-0.15, -0.1) is 11.3 Å². The van der Waals surface area contributed by atoms with Gasteiger partial charge >= 0.3 is 6.03 Å². The fourth-order valence-corrected chi connectivity index (χ4v) is 3.50. The molecule has 1 aliphatic rings. The fraction of sp³-hybridized carbons (Fsp3) is 0.733. The van der Waals surface area contributed by atoms with Crippen LogP contribution in [0.5, 0.6) is 0 Å². The van der Waals surface area contributed by atoms with E-state index in [0.29, 0.717) is 0 Å². The largest absolute Gasteiger partial charge is 0.323 e. The number of likely N-dealkylation sites (N-methyl/N-ethyl adjacent to an activating group) is 1. The Balaban J connectivity index is 1.98. The molecule has 0 unspecified atom stereocenters. The summed E-state index contributed by atoms with van der Waals surface area (Å²) in [6, 6.07) is -0.00949. The van der Waals surface area contributed by atoms with Crippen LogP contribution in [0, 0.1) is 0 Å². The monoisotopic (exact) mass is 310 g/mol. The van der Waals surface area contributed by atoms with E-state index in [0.717, 1.165) is 62.7 Å². The first-order valence-corrected chi connectivity index (χ1v) is 8.68. The number of nitrogens with one attached hydrogen (secondary N) is 1. The highest BCUT2D eigenvalue weighted by Gasteiger charge is 2.19. The van der Waals surface area contributed by atoms with E-state index >= 15 is 0 Å². The van der Waals surface area contributed by atoms with Gasteiger partial charge in [0.1, 0.15) is 0 Å². The van der Waals surface area contributed by atoms with Crippen LogP contribution in [0.15, 0.2) is 0 Å². The number of aromatic nitrogens is 1. The van der Waals surface area contributed by atoms with E-state index in [9.17, 15) is 4.79 Å². The van der Waals surface area contributed by atoms with Crippen LogP contribution in [0.1, 0.15) is 37.3 Å². The average molecular weight is 310 g/mol. The van der Waals surface area contributed by atoms with Gasteiger partial charge in [0.25, 0.3) is 0 Å². The van der Waals surface area contributed by atoms with Gasteiger partial charge in [0.2, 0.25) is 0 Å². The maximum Gasteiger partial charge on any atom is 0.323 e. The number of nitrogens with zero attached hydrogens (tertiary/aromatic N) is 3. The Morgan fingerprint density at radius 1 is 1.29 bits per heavy atom. The van der Waals surface area contributed by atoms with E-state index in [1.54, 1.807) is 11.3 Å². The normalized spacial score (nSPS) is 16.8. The summed E-state index contributed by atoms with van der Waals surface area (Å²) in [5, 5.41) is 3.73. The number of carbonyl (C=O) groups is 1. The number of urea groups is 1. The van der Waals surface area contributed by atoms with Gasteiger partial charge in [0, 0.05) is 24.5 Å². The Bertz CT molecular complexity index is 474. The zero-order valence-corrected chi connectivity index (χ0v) is 14.1. The van der Waals surface area contributed by atoms with Crippen molar-refractivity contribution in [3.8, 4) is 0 Å². The van der Waals surface area contributed by atoms with Crippen LogP contribution in [0.2, 0.25) is 0 Å². The Hall–Kier alpha value is -1.14. The smallest absolute Gasteiger partial charge is 0.323 e. The minimum Gasteiger partial charge on any atom is -0.323 e. The number of carbonyl (C=O) groups excluding carboxylic acids is 1. The van der Waals surface area contributed by atoms with Gasteiger partial charge in [-0.25, -0.2) is 9.78 Å². The van der Waals surface area contributed by atoms with Gasteiger partial charge in [-0.05, 0) is 32.9 Å². The van der Waals surface area contributed by atoms with Gasteiger partial charge < -0.3 is 9.80 Å². The van der Waals surface area contributed by atoms with Crippen LogP contribution in [0.25, 0.3) is 0 Å². The molecule has 6 heteroatoms. The van der Waals surface area contributed by atoms with Gasteiger partial charge in [0.15, 0.2) is 5.13 Å². The van der Waals surface area contributed by atoms with Crippen molar-refractivity contribution in [1.82, 2.24) is 14.8 Å². The van der Waals surface area contributed by atoms with E-state index < -0.39 is 0 Å². The maximum atomic E-state index is 12.4. The van der Waals surface area contributed by atoms with Crippen molar-refractivity contribution in [1.29, 1.82) is 0 Å². The zero-order valence-electron chi connectivity index (χ0n) is 13.3. The molecule has 1 aromatic rings. The minimum absolute atomic E-state index is 0.00949. The highest BCUT2D eigenvalue weighted by Crippen LogP contribution is 2.25. The Labute approximate surface area is 131 Å². The van der Waals surface area contributed by atoms with Gasteiger partial charge in [-0.2, -0.15) is 0 Å². The van der Waals surface area contributed by atoms with Crippen LogP contribution in [0.3, 0.4) is 0 Å². The molecule has 21 heavy (non-hydrogen) atoms. The lowest BCUT2D eigenvalue weighted by Gasteiger charge is -2.20. The van der Waals surface area contributed by atoms with E-state index in [1.807, 2.05) is 4.90 Å². The molecule has 0 radical (unpaired) electrons. The SMILES string of the molecule is CCCc1nc(NC(=O)N2CCCN(C)CC2)sc1CC. The Morgan fingerprint density at radius 3 is 2.81 bits per heavy atom. The summed E-state index contributed by atoms with van der Waals surface area (Å²) >= 11 is 1.62. The van der Waals surface area contributed by atoms with Crippen molar-refractivity contribution in [3.05, 3.63) is 10.6 Å². The third-order valence-corrected chi connectivity index (χ3v) is 4.96. The van der Waals surface area contributed by atoms with Gasteiger partial charge in [-0.3, -0.25) is 5.32 Å². The third-order valence-electron chi connectivity index (χ3n) is 3.81. The molecule has 0 aromatic carbocycles. The summed E-state index contributed by atoms with van der Waals surface area (Å²) in [5.41, 5.74) is 1.15. The number of rotatable bonds is 4. The van der Waals surface area contributed by atoms with Crippen LogP contribution in [0.4, 0.5) is 9.93 Å². The number of thiazole rings is 1. The molecule has 1 aliphatic heterocycles. The molecule has 0 aliphatic carbocycles. The lowest BCUT2D eigenvalue weighted by molar-refractivity contribution is 0.213. The summed E-state index contributed by atoms with van der Waals surface area (Å²) in [5.74, 6) is 0. The molecule has 1 saturated heterocycles. The molecule has 2 rings (SSSR count). The second-order valence-electron chi connectivity index (χ2n) is 5.57. The number of anilines is 1. The average Bonchev–Trinajstić information content (AvgIpc) is 2.70. The second-order valence-corrected chi connectivity index (χ2v) is 6.65. The second kappa shape index (κ2) is 7.75. The number of aryl methyl sites for hydroxylation is 2. The number of hydrogen-bond donors (Lipinski definition) is 1. The van der Waals surface area contributed by atoms with Crippen molar-refractivity contribution in [2.75, 3.05) is 38.5 Å². The Kier molecular flexibility index (Phi) is 5.99. The van der Waals surface area contributed by atoms with Crippen LogP contribution < -0.4 is 5.32 Å². The molecule has 1 N–H and O–H groups in total. The number of amides is 2. The molecular formula is C15H26N4OS. The molecule has 5 nitrogen and oxygen atoms in total. The summed E-state index contributed by atoms with van der Waals surface area (Å²) < 4.78 is 0. The van der Waals surface area contributed by atoms with E-state index in [4.69, 9.17) is 0 Å². The fourth-order valence-electron chi connectivity index (χ4n) is 2.57. The van der Waals surface area contributed by atoms with Crippen LogP contribution in [-0.2, 0) is 12.8 Å². The summed E-state index contributed by atoms with van der Waals surface area (Å²) in [6.07, 6.45) is 4.09. The first-order chi connectivity index (χ1) is 10.1. The van der Waals surface area contributed by atoms with E-state index in [2.05, 4.69) is 36.1 Å². The zero-order chi connectivity index (χ0) is 15.2. The summed E-state index contributed by atoms with van der Waals surface area (Å²) in [4.78, 5) is 22.4. The third kappa shape index (κ3) is 4.41. The van der Waals surface area contributed by atoms with E-state index in [-0.39, 0.29) is 6.03 Å². The molecule has 0 spiro atoms. The molecule has 0 saturated carbocycles. The molecule has 2 amide bonds. The predicted octanol–water partition coefficient (Wildman–Crippen LogP) is 2.83. The quantitative estimate of drug-likeness (QED) is 0.930. The standard InChI is InChI=1S/C15H26N4OS/c1-4-7-12-13(5-2)21-14(16-12)17-15(20)19-9-6-8-18(3)10-11-19/h4-11H2,1-3H3,(H,16,17,20).